The predicted octanol–water partition coefficient (Wildman–Crippen LogP) is 4.97. The molecule has 142 valence electrons. The van der Waals surface area contributed by atoms with Crippen LogP contribution in [-0.4, -0.2) is 18.0 Å². The average molecular weight is 375 g/mol. The third kappa shape index (κ3) is 4.98. The Balaban J connectivity index is 1.68. The summed E-state index contributed by atoms with van der Waals surface area (Å²) in [4.78, 5) is 24.9. The van der Waals surface area contributed by atoms with Crippen LogP contribution in [0.5, 0.6) is 11.5 Å². The van der Waals surface area contributed by atoms with Crippen LogP contribution in [0.25, 0.3) is 0 Å². The number of benzene rings is 3. The number of aryl methyl sites for hydroxylation is 1. The fourth-order valence-electron chi connectivity index (χ4n) is 2.58. The number of carbonyl (C=O) groups excluding carboxylic acids is 2. The van der Waals surface area contributed by atoms with E-state index in [1.165, 1.54) is 6.92 Å². The second kappa shape index (κ2) is 8.86. The van der Waals surface area contributed by atoms with Crippen molar-refractivity contribution >= 4 is 17.6 Å². The Hall–Kier alpha value is -3.60. The molecule has 0 bridgehead atoms. The minimum Gasteiger partial charge on any atom is -0.456 e. The van der Waals surface area contributed by atoms with Crippen LogP contribution in [0, 0.1) is 6.92 Å². The molecule has 5 heteroatoms. The van der Waals surface area contributed by atoms with Gasteiger partial charge in [0.05, 0.1) is 0 Å². The van der Waals surface area contributed by atoms with Crippen molar-refractivity contribution in [3.63, 3.8) is 0 Å². The lowest BCUT2D eigenvalue weighted by molar-refractivity contribution is -0.123. The number of nitrogens with one attached hydrogen (secondary N) is 1. The highest BCUT2D eigenvalue weighted by Crippen LogP contribution is 2.26. The van der Waals surface area contributed by atoms with Gasteiger partial charge in [0.2, 0.25) is 0 Å². The minimum absolute atomic E-state index is 0.251. The molecule has 0 saturated carbocycles. The van der Waals surface area contributed by atoms with Gasteiger partial charge in [-0.05, 0) is 55.8 Å². The number of amides is 1. The van der Waals surface area contributed by atoms with Crippen LogP contribution >= 0.6 is 0 Å². The molecule has 1 amide bonds. The largest absolute Gasteiger partial charge is 0.456 e. The van der Waals surface area contributed by atoms with Crippen molar-refractivity contribution in [2.24, 2.45) is 0 Å². The summed E-state index contributed by atoms with van der Waals surface area (Å²) in [6, 6.07) is 23.3. The van der Waals surface area contributed by atoms with Gasteiger partial charge in [0, 0.05) is 5.69 Å². The van der Waals surface area contributed by atoms with Gasteiger partial charge in [-0.2, -0.15) is 0 Å². The number of hydrogen-bond donors (Lipinski definition) is 1. The van der Waals surface area contributed by atoms with Gasteiger partial charge in [-0.3, -0.25) is 4.79 Å². The molecule has 28 heavy (non-hydrogen) atoms. The Bertz CT molecular complexity index is 969. The smallest absolute Gasteiger partial charge is 0.342 e. The van der Waals surface area contributed by atoms with Crippen LogP contribution in [0.1, 0.15) is 22.8 Å². The summed E-state index contributed by atoms with van der Waals surface area (Å²) in [6.07, 6.45) is -0.960. The van der Waals surface area contributed by atoms with E-state index in [4.69, 9.17) is 9.47 Å². The molecule has 0 heterocycles. The Morgan fingerprint density at radius 3 is 2.36 bits per heavy atom. The van der Waals surface area contributed by atoms with Gasteiger partial charge in [0.25, 0.3) is 5.91 Å². The van der Waals surface area contributed by atoms with E-state index in [1.54, 1.807) is 42.5 Å². The fourth-order valence-corrected chi connectivity index (χ4v) is 2.58. The second-order valence-electron chi connectivity index (χ2n) is 6.32. The SMILES string of the molecule is Cc1cccc(NC(=O)[C@H](C)OC(=O)c2ccccc2Oc2ccccc2)c1. The first-order valence-electron chi connectivity index (χ1n) is 8.93. The third-order valence-electron chi connectivity index (χ3n) is 4.02. The van der Waals surface area contributed by atoms with E-state index in [1.807, 2.05) is 43.3 Å². The minimum atomic E-state index is -0.960. The molecule has 0 radical (unpaired) electrons. The summed E-state index contributed by atoms with van der Waals surface area (Å²) in [5, 5.41) is 2.75. The topological polar surface area (TPSA) is 64.6 Å². The van der Waals surface area contributed by atoms with Crippen molar-refractivity contribution in [3.05, 3.63) is 90.0 Å². The first-order chi connectivity index (χ1) is 13.5. The van der Waals surface area contributed by atoms with Gasteiger partial charge in [-0.15, -0.1) is 0 Å². The van der Waals surface area contributed by atoms with Crippen molar-refractivity contribution < 1.29 is 19.1 Å². The number of carbonyl (C=O) groups is 2. The van der Waals surface area contributed by atoms with E-state index in [0.717, 1.165) is 5.56 Å². The number of anilines is 1. The quantitative estimate of drug-likeness (QED) is 0.618. The fraction of sp³-hybridized carbons (Fsp3) is 0.130. The second-order valence-corrected chi connectivity index (χ2v) is 6.32. The summed E-state index contributed by atoms with van der Waals surface area (Å²) in [5.41, 5.74) is 1.93. The molecule has 0 aliphatic rings. The van der Waals surface area contributed by atoms with E-state index >= 15 is 0 Å². The molecule has 0 aliphatic heterocycles. The Labute approximate surface area is 163 Å². The van der Waals surface area contributed by atoms with Gasteiger partial charge in [0.15, 0.2) is 6.10 Å². The van der Waals surface area contributed by atoms with Crippen LogP contribution in [0.4, 0.5) is 5.69 Å². The lowest BCUT2D eigenvalue weighted by Gasteiger charge is -2.15. The monoisotopic (exact) mass is 375 g/mol. The molecule has 0 fully saturated rings. The standard InChI is InChI=1S/C23H21NO4/c1-16-9-8-10-18(15-16)24-22(25)17(2)27-23(26)20-13-6-7-14-21(20)28-19-11-4-3-5-12-19/h3-15,17H,1-2H3,(H,24,25)/t17-/m0/s1. The van der Waals surface area contributed by atoms with Crippen LogP contribution in [0.2, 0.25) is 0 Å². The van der Waals surface area contributed by atoms with Crippen molar-refractivity contribution in [1.29, 1.82) is 0 Å². The Morgan fingerprint density at radius 1 is 0.893 bits per heavy atom. The van der Waals surface area contributed by atoms with Gasteiger partial charge in [-0.1, -0.05) is 42.5 Å². The zero-order valence-electron chi connectivity index (χ0n) is 15.7. The van der Waals surface area contributed by atoms with Crippen molar-refractivity contribution in [2.75, 3.05) is 5.32 Å². The van der Waals surface area contributed by atoms with Gasteiger partial charge in [0.1, 0.15) is 17.1 Å². The highest BCUT2D eigenvalue weighted by molar-refractivity contribution is 5.98. The number of esters is 1. The predicted molar refractivity (Wildman–Crippen MR) is 108 cm³/mol. The zero-order valence-corrected chi connectivity index (χ0v) is 15.7. The first kappa shape index (κ1) is 19.2. The number of ether oxygens (including phenoxy) is 2. The molecule has 3 aromatic rings. The maximum Gasteiger partial charge on any atom is 0.342 e. The molecule has 0 spiro atoms. The van der Waals surface area contributed by atoms with Crippen LogP contribution < -0.4 is 10.1 Å². The molecular formula is C23H21NO4. The molecule has 0 aliphatic carbocycles. The summed E-state index contributed by atoms with van der Waals surface area (Å²) in [5.74, 6) is -0.0585. The van der Waals surface area contributed by atoms with Gasteiger partial charge in [-0.25, -0.2) is 4.79 Å². The Kier molecular flexibility index (Phi) is 6.07. The highest BCUT2D eigenvalue weighted by Gasteiger charge is 2.21. The summed E-state index contributed by atoms with van der Waals surface area (Å²) in [6.45, 7) is 3.46. The third-order valence-corrected chi connectivity index (χ3v) is 4.02. The lowest BCUT2D eigenvalue weighted by Crippen LogP contribution is -2.30. The van der Waals surface area contributed by atoms with E-state index in [2.05, 4.69) is 5.32 Å². The molecule has 1 atom stereocenters. The van der Waals surface area contributed by atoms with Crippen LogP contribution in [0.3, 0.4) is 0 Å². The highest BCUT2D eigenvalue weighted by atomic mass is 16.5. The normalized spacial score (nSPS) is 11.4. The van der Waals surface area contributed by atoms with Crippen LogP contribution in [0.15, 0.2) is 78.9 Å². The average Bonchev–Trinajstić information content (AvgIpc) is 2.69. The van der Waals surface area contributed by atoms with Gasteiger partial charge >= 0.3 is 5.97 Å². The van der Waals surface area contributed by atoms with E-state index in [9.17, 15) is 9.59 Å². The summed E-state index contributed by atoms with van der Waals surface area (Å²) < 4.78 is 11.1. The van der Waals surface area contributed by atoms with Crippen molar-refractivity contribution in [2.45, 2.75) is 20.0 Å². The molecule has 0 aromatic heterocycles. The number of rotatable bonds is 6. The number of hydrogen-bond acceptors (Lipinski definition) is 4. The van der Waals surface area contributed by atoms with E-state index in [-0.39, 0.29) is 5.56 Å². The molecule has 1 N–H and O–H groups in total. The maximum absolute atomic E-state index is 12.6. The van der Waals surface area contributed by atoms with Gasteiger partial charge < -0.3 is 14.8 Å². The molecule has 5 nitrogen and oxygen atoms in total. The maximum atomic E-state index is 12.6. The molecule has 0 unspecified atom stereocenters. The lowest BCUT2D eigenvalue weighted by atomic mass is 10.2. The first-order valence-corrected chi connectivity index (χ1v) is 8.93. The summed E-state index contributed by atoms with van der Waals surface area (Å²) >= 11 is 0. The molecular weight excluding hydrogens is 354 g/mol. The van der Waals surface area contributed by atoms with E-state index < -0.39 is 18.0 Å². The van der Waals surface area contributed by atoms with E-state index in [0.29, 0.717) is 17.2 Å². The van der Waals surface area contributed by atoms with Crippen molar-refractivity contribution in [3.8, 4) is 11.5 Å². The summed E-state index contributed by atoms with van der Waals surface area (Å²) in [7, 11) is 0. The molecule has 3 aromatic carbocycles. The van der Waals surface area contributed by atoms with Crippen LogP contribution in [-0.2, 0) is 9.53 Å². The molecule has 0 saturated heterocycles. The Morgan fingerprint density at radius 2 is 1.61 bits per heavy atom. The number of para-hydroxylation sites is 2. The van der Waals surface area contributed by atoms with Crippen molar-refractivity contribution in [1.82, 2.24) is 0 Å². The molecule has 3 rings (SSSR count). The zero-order chi connectivity index (χ0) is 19.9.